The number of rotatable bonds is 4. The second-order valence-electron chi connectivity index (χ2n) is 5.50. The van der Waals surface area contributed by atoms with E-state index in [-0.39, 0.29) is 11.8 Å². The molecule has 6 heteroatoms. The van der Waals surface area contributed by atoms with Crippen molar-refractivity contribution in [3.05, 3.63) is 52.5 Å². The highest BCUT2D eigenvalue weighted by Gasteiger charge is 2.24. The molecule has 5 nitrogen and oxygen atoms in total. The number of halogens is 1. The first-order chi connectivity index (χ1) is 11.6. The number of carbonyl (C=O) groups excluding carboxylic acids is 2. The van der Waals surface area contributed by atoms with Crippen LogP contribution in [0.1, 0.15) is 23.2 Å². The van der Waals surface area contributed by atoms with Gasteiger partial charge in [0.1, 0.15) is 5.75 Å². The Morgan fingerprint density at radius 1 is 1.21 bits per heavy atom. The summed E-state index contributed by atoms with van der Waals surface area (Å²) in [6, 6.07) is 12.4. The van der Waals surface area contributed by atoms with Gasteiger partial charge in [-0.3, -0.25) is 9.59 Å². The smallest absolute Gasteiger partial charge is 0.255 e. The molecule has 3 rings (SSSR count). The molecule has 0 radical (unpaired) electrons. The number of amides is 2. The minimum absolute atomic E-state index is 0.0738. The Hall–Kier alpha value is -2.34. The van der Waals surface area contributed by atoms with Gasteiger partial charge in [0.15, 0.2) is 0 Å². The Morgan fingerprint density at radius 2 is 1.96 bits per heavy atom. The molecular formula is C18H17BrN2O3. The van der Waals surface area contributed by atoms with Crippen molar-refractivity contribution in [1.82, 2.24) is 0 Å². The molecule has 1 aliphatic heterocycles. The van der Waals surface area contributed by atoms with Crippen LogP contribution >= 0.6 is 15.9 Å². The van der Waals surface area contributed by atoms with E-state index in [2.05, 4.69) is 21.2 Å². The minimum Gasteiger partial charge on any atom is -0.495 e. The van der Waals surface area contributed by atoms with E-state index in [0.717, 1.165) is 10.9 Å². The van der Waals surface area contributed by atoms with Crippen molar-refractivity contribution in [3.8, 4) is 5.75 Å². The van der Waals surface area contributed by atoms with E-state index in [4.69, 9.17) is 4.74 Å². The number of hydrogen-bond donors (Lipinski definition) is 1. The topological polar surface area (TPSA) is 58.6 Å². The molecule has 0 saturated carbocycles. The number of ether oxygens (including phenoxy) is 1. The van der Waals surface area contributed by atoms with Crippen LogP contribution in [0.3, 0.4) is 0 Å². The molecule has 0 atom stereocenters. The van der Waals surface area contributed by atoms with E-state index in [1.54, 1.807) is 42.3 Å². The highest BCUT2D eigenvalue weighted by Crippen LogP contribution is 2.34. The van der Waals surface area contributed by atoms with Crippen LogP contribution in [0.15, 0.2) is 46.9 Å². The molecule has 2 aromatic carbocycles. The average Bonchev–Trinajstić information content (AvgIpc) is 3.01. The molecule has 2 amide bonds. The third kappa shape index (κ3) is 3.43. The standard InChI is InChI=1S/C18H17BrN2O3/c1-24-16-9-8-14(11-15(16)21-10-2-3-17(21)22)20-18(23)12-4-6-13(19)7-5-12/h4-9,11H,2-3,10H2,1H3,(H,20,23). The van der Waals surface area contributed by atoms with Crippen molar-refractivity contribution in [3.63, 3.8) is 0 Å². The molecule has 2 aromatic rings. The predicted octanol–water partition coefficient (Wildman–Crippen LogP) is 3.84. The maximum absolute atomic E-state index is 12.3. The maximum atomic E-state index is 12.3. The maximum Gasteiger partial charge on any atom is 0.255 e. The number of carbonyl (C=O) groups is 2. The summed E-state index contributed by atoms with van der Waals surface area (Å²) in [5.74, 6) is 0.489. The first-order valence-corrected chi connectivity index (χ1v) is 8.43. The summed E-state index contributed by atoms with van der Waals surface area (Å²) in [7, 11) is 1.57. The quantitative estimate of drug-likeness (QED) is 0.865. The van der Waals surface area contributed by atoms with Gasteiger partial charge in [0, 0.05) is 28.7 Å². The summed E-state index contributed by atoms with van der Waals surface area (Å²) in [5, 5.41) is 2.86. The Labute approximate surface area is 148 Å². The van der Waals surface area contributed by atoms with Gasteiger partial charge in [0.2, 0.25) is 5.91 Å². The monoisotopic (exact) mass is 388 g/mol. The Bertz CT molecular complexity index is 774. The summed E-state index contributed by atoms with van der Waals surface area (Å²) in [5.41, 5.74) is 1.87. The van der Waals surface area contributed by atoms with Crippen molar-refractivity contribution in [1.29, 1.82) is 0 Å². The number of hydrogen-bond acceptors (Lipinski definition) is 3. The Kier molecular flexibility index (Phi) is 4.85. The second-order valence-corrected chi connectivity index (χ2v) is 6.41. The number of anilines is 2. The molecule has 1 fully saturated rings. The molecule has 124 valence electrons. The molecule has 0 aromatic heterocycles. The first kappa shape index (κ1) is 16.5. The lowest BCUT2D eigenvalue weighted by molar-refractivity contribution is -0.117. The van der Waals surface area contributed by atoms with Gasteiger partial charge in [0.05, 0.1) is 12.8 Å². The number of benzene rings is 2. The molecule has 0 unspecified atom stereocenters. The van der Waals surface area contributed by atoms with Crippen LogP contribution in [0.25, 0.3) is 0 Å². The van der Waals surface area contributed by atoms with Crippen LogP contribution in [0.2, 0.25) is 0 Å². The molecule has 0 spiro atoms. The molecule has 24 heavy (non-hydrogen) atoms. The Morgan fingerprint density at radius 3 is 2.58 bits per heavy atom. The zero-order valence-electron chi connectivity index (χ0n) is 13.2. The molecule has 0 bridgehead atoms. The molecule has 1 saturated heterocycles. The molecule has 1 N–H and O–H groups in total. The summed E-state index contributed by atoms with van der Waals surface area (Å²) in [6.45, 7) is 0.666. The fourth-order valence-corrected chi connectivity index (χ4v) is 2.95. The zero-order valence-corrected chi connectivity index (χ0v) is 14.8. The molecule has 0 aliphatic carbocycles. The van der Waals surface area contributed by atoms with Crippen molar-refractivity contribution in [2.45, 2.75) is 12.8 Å². The van der Waals surface area contributed by atoms with E-state index in [1.165, 1.54) is 0 Å². The van der Waals surface area contributed by atoms with Crippen LogP contribution in [0.5, 0.6) is 5.75 Å². The van der Waals surface area contributed by atoms with Crippen LogP contribution in [0, 0.1) is 0 Å². The Balaban J connectivity index is 1.84. The van der Waals surface area contributed by atoms with E-state index in [0.29, 0.717) is 35.7 Å². The van der Waals surface area contributed by atoms with Crippen molar-refractivity contribution >= 4 is 39.1 Å². The van der Waals surface area contributed by atoms with Gasteiger partial charge in [-0.15, -0.1) is 0 Å². The fraction of sp³-hybridized carbons (Fsp3) is 0.222. The fourth-order valence-electron chi connectivity index (χ4n) is 2.69. The van der Waals surface area contributed by atoms with E-state index >= 15 is 0 Å². The van der Waals surface area contributed by atoms with Crippen LogP contribution < -0.4 is 15.0 Å². The highest BCUT2D eigenvalue weighted by atomic mass is 79.9. The highest BCUT2D eigenvalue weighted by molar-refractivity contribution is 9.10. The van der Waals surface area contributed by atoms with Crippen molar-refractivity contribution in [2.24, 2.45) is 0 Å². The largest absolute Gasteiger partial charge is 0.495 e. The van der Waals surface area contributed by atoms with Gasteiger partial charge in [-0.1, -0.05) is 15.9 Å². The second kappa shape index (κ2) is 7.05. The number of nitrogens with one attached hydrogen (secondary N) is 1. The lowest BCUT2D eigenvalue weighted by Crippen LogP contribution is -2.24. The third-order valence-corrected chi connectivity index (χ3v) is 4.44. The van der Waals surface area contributed by atoms with Gasteiger partial charge in [-0.25, -0.2) is 0 Å². The number of methoxy groups -OCH3 is 1. The summed E-state index contributed by atoms with van der Waals surface area (Å²) in [4.78, 5) is 26.0. The first-order valence-electron chi connectivity index (χ1n) is 7.64. The van der Waals surface area contributed by atoms with Gasteiger partial charge >= 0.3 is 0 Å². The molecule has 1 heterocycles. The lowest BCUT2D eigenvalue weighted by Gasteiger charge is -2.20. The van der Waals surface area contributed by atoms with Gasteiger partial charge in [-0.05, 0) is 48.9 Å². The van der Waals surface area contributed by atoms with Crippen LogP contribution in [-0.4, -0.2) is 25.5 Å². The number of nitrogens with zero attached hydrogens (tertiary/aromatic N) is 1. The van der Waals surface area contributed by atoms with Crippen LogP contribution in [-0.2, 0) is 4.79 Å². The van der Waals surface area contributed by atoms with Crippen molar-refractivity contribution < 1.29 is 14.3 Å². The third-order valence-electron chi connectivity index (χ3n) is 3.91. The van der Waals surface area contributed by atoms with Gasteiger partial charge < -0.3 is 15.0 Å². The van der Waals surface area contributed by atoms with Gasteiger partial charge in [-0.2, -0.15) is 0 Å². The summed E-state index contributed by atoms with van der Waals surface area (Å²) >= 11 is 3.35. The predicted molar refractivity (Wildman–Crippen MR) is 96.7 cm³/mol. The van der Waals surface area contributed by atoms with Gasteiger partial charge in [0.25, 0.3) is 5.91 Å². The van der Waals surface area contributed by atoms with Crippen molar-refractivity contribution in [2.75, 3.05) is 23.9 Å². The molecule has 1 aliphatic rings. The lowest BCUT2D eigenvalue weighted by atomic mass is 10.2. The normalized spacial score (nSPS) is 13.9. The van der Waals surface area contributed by atoms with Crippen LogP contribution in [0.4, 0.5) is 11.4 Å². The summed E-state index contributed by atoms with van der Waals surface area (Å²) < 4.78 is 6.27. The molecular weight excluding hydrogens is 372 g/mol. The zero-order chi connectivity index (χ0) is 17.1. The van der Waals surface area contributed by atoms with E-state index in [1.807, 2.05) is 12.1 Å². The van der Waals surface area contributed by atoms with E-state index in [9.17, 15) is 9.59 Å². The summed E-state index contributed by atoms with van der Waals surface area (Å²) in [6.07, 6.45) is 1.37. The minimum atomic E-state index is -0.202. The SMILES string of the molecule is COc1ccc(NC(=O)c2ccc(Br)cc2)cc1N1CCCC1=O. The van der Waals surface area contributed by atoms with E-state index < -0.39 is 0 Å². The average molecular weight is 389 g/mol.